The van der Waals surface area contributed by atoms with Crippen molar-refractivity contribution in [2.75, 3.05) is 19.6 Å². The summed E-state index contributed by atoms with van der Waals surface area (Å²) in [5, 5.41) is 8.33. The predicted molar refractivity (Wildman–Crippen MR) is 57.3 cm³/mol. The van der Waals surface area contributed by atoms with E-state index in [1.165, 1.54) is 0 Å². The van der Waals surface area contributed by atoms with Crippen molar-refractivity contribution in [2.45, 2.75) is 32.2 Å². The molecular formula is C10H19N3O2. The third-order valence-electron chi connectivity index (χ3n) is 2.10. The summed E-state index contributed by atoms with van der Waals surface area (Å²) in [5.41, 5.74) is 0. The quantitative estimate of drug-likeness (QED) is 0.494. The summed E-state index contributed by atoms with van der Waals surface area (Å²) in [7, 11) is 0. The summed E-state index contributed by atoms with van der Waals surface area (Å²) in [4.78, 5) is 22.4. The van der Waals surface area contributed by atoms with Crippen LogP contribution in [-0.4, -0.2) is 37.5 Å². The first-order valence-electron chi connectivity index (χ1n) is 5.49. The zero-order valence-corrected chi connectivity index (χ0v) is 9.14. The molecule has 0 bridgehead atoms. The first kappa shape index (κ1) is 12.0. The zero-order valence-electron chi connectivity index (χ0n) is 9.14. The summed E-state index contributed by atoms with van der Waals surface area (Å²) < 4.78 is 0. The molecule has 0 heterocycles. The van der Waals surface area contributed by atoms with Crippen molar-refractivity contribution in [1.82, 2.24) is 16.0 Å². The minimum Gasteiger partial charge on any atom is -0.352 e. The third-order valence-corrected chi connectivity index (χ3v) is 2.10. The molecule has 0 aromatic rings. The fraction of sp³-hybridized carbons (Fsp3) is 0.800. The maximum Gasteiger partial charge on any atom is 0.239 e. The number of rotatable bonds is 7. The van der Waals surface area contributed by atoms with Crippen LogP contribution in [0.1, 0.15) is 26.2 Å². The lowest BCUT2D eigenvalue weighted by atomic mass is 10.4. The number of carbonyl (C=O) groups excluding carboxylic acids is 2. The smallest absolute Gasteiger partial charge is 0.239 e. The number of carbonyl (C=O) groups is 2. The van der Waals surface area contributed by atoms with E-state index in [9.17, 15) is 9.59 Å². The van der Waals surface area contributed by atoms with Gasteiger partial charge in [0.25, 0.3) is 0 Å². The van der Waals surface area contributed by atoms with Gasteiger partial charge in [-0.05, 0) is 25.8 Å². The fourth-order valence-electron chi connectivity index (χ4n) is 1.13. The van der Waals surface area contributed by atoms with Crippen molar-refractivity contribution in [1.29, 1.82) is 0 Å². The highest BCUT2D eigenvalue weighted by atomic mass is 16.2. The van der Waals surface area contributed by atoms with Gasteiger partial charge in [-0.3, -0.25) is 9.59 Å². The molecule has 0 unspecified atom stereocenters. The van der Waals surface area contributed by atoms with Crippen molar-refractivity contribution < 1.29 is 9.59 Å². The highest BCUT2D eigenvalue weighted by Gasteiger charge is 2.22. The summed E-state index contributed by atoms with van der Waals surface area (Å²) in [6.07, 6.45) is 3.13. The Morgan fingerprint density at radius 3 is 2.53 bits per heavy atom. The largest absolute Gasteiger partial charge is 0.352 e. The van der Waals surface area contributed by atoms with Crippen LogP contribution in [-0.2, 0) is 9.59 Å². The topological polar surface area (TPSA) is 70.2 Å². The number of hydrogen-bond donors (Lipinski definition) is 3. The van der Waals surface area contributed by atoms with Gasteiger partial charge in [0.2, 0.25) is 11.8 Å². The average molecular weight is 213 g/mol. The molecule has 0 aliphatic heterocycles. The van der Waals surface area contributed by atoms with Crippen molar-refractivity contribution in [3.63, 3.8) is 0 Å². The number of amides is 2. The highest BCUT2D eigenvalue weighted by molar-refractivity contribution is 5.85. The summed E-state index contributed by atoms with van der Waals surface area (Å²) in [5.74, 6) is -0.226. The Labute approximate surface area is 90.0 Å². The second kappa shape index (κ2) is 6.40. The van der Waals surface area contributed by atoms with Crippen molar-refractivity contribution in [2.24, 2.45) is 0 Å². The molecule has 1 aliphatic rings. The van der Waals surface area contributed by atoms with Gasteiger partial charge in [-0.25, -0.2) is 0 Å². The lowest BCUT2D eigenvalue weighted by molar-refractivity contribution is -0.125. The number of hydrogen-bond acceptors (Lipinski definition) is 3. The van der Waals surface area contributed by atoms with Crippen LogP contribution in [0.15, 0.2) is 0 Å². The predicted octanol–water partition coefficient (Wildman–Crippen LogP) is -0.619. The number of nitrogens with one attached hydrogen (secondary N) is 3. The maximum atomic E-state index is 11.2. The second-order valence-corrected chi connectivity index (χ2v) is 3.80. The van der Waals surface area contributed by atoms with Crippen LogP contribution in [0.25, 0.3) is 0 Å². The van der Waals surface area contributed by atoms with E-state index in [-0.39, 0.29) is 24.9 Å². The van der Waals surface area contributed by atoms with E-state index in [1.807, 2.05) is 6.92 Å². The third kappa shape index (κ3) is 6.06. The Morgan fingerprint density at radius 2 is 1.93 bits per heavy atom. The molecular weight excluding hydrogens is 194 g/mol. The summed E-state index contributed by atoms with van der Waals surface area (Å²) in [6.45, 7) is 3.23. The zero-order chi connectivity index (χ0) is 11.1. The van der Waals surface area contributed by atoms with E-state index in [0.717, 1.165) is 25.8 Å². The van der Waals surface area contributed by atoms with Crippen molar-refractivity contribution >= 4 is 11.8 Å². The van der Waals surface area contributed by atoms with Gasteiger partial charge in [0.1, 0.15) is 0 Å². The van der Waals surface area contributed by atoms with Crippen LogP contribution in [0, 0.1) is 0 Å². The van der Waals surface area contributed by atoms with Gasteiger partial charge in [0.15, 0.2) is 0 Å². The molecule has 86 valence electrons. The molecule has 1 aliphatic carbocycles. The molecule has 3 N–H and O–H groups in total. The minimum atomic E-state index is -0.130. The molecule has 0 saturated heterocycles. The van der Waals surface area contributed by atoms with Crippen LogP contribution in [0.3, 0.4) is 0 Å². The lowest BCUT2D eigenvalue weighted by Gasteiger charge is -2.06. The SMILES string of the molecule is CCCNCC(=O)NCC(=O)NC1CC1. The Morgan fingerprint density at radius 1 is 1.20 bits per heavy atom. The second-order valence-electron chi connectivity index (χ2n) is 3.80. The summed E-state index contributed by atoms with van der Waals surface area (Å²) in [6, 6.07) is 0.354. The van der Waals surface area contributed by atoms with Crippen molar-refractivity contribution in [3.8, 4) is 0 Å². The van der Waals surface area contributed by atoms with Gasteiger partial charge in [0.05, 0.1) is 13.1 Å². The van der Waals surface area contributed by atoms with Crippen LogP contribution in [0.2, 0.25) is 0 Å². The Balaban J connectivity index is 1.97. The first-order valence-corrected chi connectivity index (χ1v) is 5.49. The van der Waals surface area contributed by atoms with Gasteiger partial charge in [-0.1, -0.05) is 6.92 Å². The highest BCUT2D eigenvalue weighted by Crippen LogP contribution is 2.17. The lowest BCUT2D eigenvalue weighted by Crippen LogP contribution is -2.41. The van der Waals surface area contributed by atoms with Crippen molar-refractivity contribution in [3.05, 3.63) is 0 Å². The molecule has 15 heavy (non-hydrogen) atoms. The molecule has 0 aromatic heterocycles. The Kier molecular flexibility index (Phi) is 5.10. The molecule has 1 fully saturated rings. The van der Waals surface area contributed by atoms with Crippen LogP contribution >= 0.6 is 0 Å². The van der Waals surface area contributed by atoms with Crippen LogP contribution in [0.4, 0.5) is 0 Å². The van der Waals surface area contributed by atoms with Gasteiger partial charge in [-0.15, -0.1) is 0 Å². The minimum absolute atomic E-state index is 0.0864. The molecule has 0 atom stereocenters. The average Bonchev–Trinajstić information content (AvgIpc) is 2.99. The van der Waals surface area contributed by atoms with Gasteiger partial charge in [-0.2, -0.15) is 0 Å². The Hall–Kier alpha value is -1.10. The Bertz CT molecular complexity index is 227. The molecule has 5 heteroatoms. The molecule has 5 nitrogen and oxygen atoms in total. The fourth-order valence-corrected chi connectivity index (χ4v) is 1.13. The van der Waals surface area contributed by atoms with Gasteiger partial charge >= 0.3 is 0 Å². The van der Waals surface area contributed by atoms with E-state index in [0.29, 0.717) is 6.04 Å². The van der Waals surface area contributed by atoms with Crippen LogP contribution < -0.4 is 16.0 Å². The molecule has 2 amide bonds. The van der Waals surface area contributed by atoms with E-state index >= 15 is 0 Å². The van der Waals surface area contributed by atoms with E-state index in [4.69, 9.17) is 0 Å². The molecule has 0 spiro atoms. The van der Waals surface area contributed by atoms with Gasteiger partial charge < -0.3 is 16.0 Å². The standard InChI is InChI=1S/C10H19N3O2/c1-2-5-11-6-9(14)12-7-10(15)13-8-3-4-8/h8,11H,2-7H2,1H3,(H,12,14)(H,13,15). The maximum absolute atomic E-state index is 11.2. The molecule has 1 rings (SSSR count). The summed E-state index contributed by atoms with van der Waals surface area (Å²) >= 11 is 0. The monoisotopic (exact) mass is 213 g/mol. The first-order chi connectivity index (χ1) is 7.22. The normalized spacial score (nSPS) is 14.7. The van der Waals surface area contributed by atoms with Crippen LogP contribution in [0.5, 0.6) is 0 Å². The van der Waals surface area contributed by atoms with E-state index in [1.54, 1.807) is 0 Å². The molecule has 1 saturated carbocycles. The molecule has 0 aromatic carbocycles. The van der Waals surface area contributed by atoms with Gasteiger partial charge in [0, 0.05) is 6.04 Å². The molecule has 0 radical (unpaired) electrons. The van der Waals surface area contributed by atoms with E-state index < -0.39 is 0 Å². The van der Waals surface area contributed by atoms with E-state index in [2.05, 4.69) is 16.0 Å².